The van der Waals surface area contributed by atoms with Gasteiger partial charge in [-0.2, -0.15) is 11.8 Å². The smallest absolute Gasteiger partial charge is 0.137 e. The Hall–Kier alpha value is -0.930. The van der Waals surface area contributed by atoms with E-state index in [1.165, 1.54) is 5.56 Å². The molecule has 1 aromatic heterocycles. The summed E-state index contributed by atoms with van der Waals surface area (Å²) in [6.07, 6.45) is 0. The number of hydrogen-bond donors (Lipinski definition) is 1. The van der Waals surface area contributed by atoms with Crippen LogP contribution in [-0.2, 0) is 0 Å². The van der Waals surface area contributed by atoms with E-state index in [1.54, 1.807) is 0 Å². The van der Waals surface area contributed by atoms with Crippen molar-refractivity contribution in [2.24, 2.45) is 11.7 Å². The Labute approximate surface area is 113 Å². The molecule has 0 bridgehead atoms. The highest BCUT2D eigenvalue weighted by Gasteiger charge is 2.13. The molecule has 1 atom stereocenters. The Morgan fingerprint density at radius 3 is 2.72 bits per heavy atom. The highest BCUT2D eigenvalue weighted by Crippen LogP contribution is 2.27. The van der Waals surface area contributed by atoms with Crippen LogP contribution in [0, 0.1) is 12.8 Å². The maximum absolute atomic E-state index is 6.18. The molecule has 3 heteroatoms. The SMILES string of the molecule is Cc1cccc2cc(C(N)CSCC(C)C)oc12. The van der Waals surface area contributed by atoms with E-state index in [2.05, 4.69) is 45.0 Å². The molecule has 1 heterocycles. The van der Waals surface area contributed by atoms with Gasteiger partial charge in [-0.05, 0) is 30.2 Å². The first-order valence-electron chi connectivity index (χ1n) is 6.40. The molecule has 0 saturated heterocycles. The molecule has 0 amide bonds. The van der Waals surface area contributed by atoms with Crippen LogP contribution in [0.25, 0.3) is 11.0 Å². The number of rotatable bonds is 5. The van der Waals surface area contributed by atoms with Crippen molar-refractivity contribution in [3.63, 3.8) is 0 Å². The van der Waals surface area contributed by atoms with Crippen LogP contribution in [0.15, 0.2) is 28.7 Å². The molecule has 2 nitrogen and oxygen atoms in total. The molecular weight excluding hydrogens is 242 g/mol. The van der Waals surface area contributed by atoms with Gasteiger partial charge in [-0.3, -0.25) is 0 Å². The summed E-state index contributed by atoms with van der Waals surface area (Å²) in [7, 11) is 0. The van der Waals surface area contributed by atoms with E-state index < -0.39 is 0 Å². The summed E-state index contributed by atoms with van der Waals surface area (Å²) in [6, 6.07) is 8.25. The minimum absolute atomic E-state index is 0.0134. The van der Waals surface area contributed by atoms with Gasteiger partial charge in [0.15, 0.2) is 0 Å². The van der Waals surface area contributed by atoms with Crippen LogP contribution in [0.5, 0.6) is 0 Å². The monoisotopic (exact) mass is 263 g/mol. The standard InChI is InChI=1S/C15H21NOS/c1-10(2)8-18-9-13(16)14-7-12-6-4-5-11(3)15(12)17-14/h4-7,10,13H,8-9,16H2,1-3H3. The van der Waals surface area contributed by atoms with E-state index >= 15 is 0 Å². The van der Waals surface area contributed by atoms with Crippen LogP contribution >= 0.6 is 11.8 Å². The minimum atomic E-state index is -0.0134. The van der Waals surface area contributed by atoms with E-state index in [1.807, 2.05) is 11.8 Å². The van der Waals surface area contributed by atoms with Crippen molar-refractivity contribution in [2.45, 2.75) is 26.8 Å². The largest absolute Gasteiger partial charge is 0.459 e. The average molecular weight is 263 g/mol. The molecular formula is C15H21NOS. The fourth-order valence-electron chi connectivity index (χ4n) is 1.92. The summed E-state index contributed by atoms with van der Waals surface area (Å²) < 4.78 is 5.88. The van der Waals surface area contributed by atoms with Crippen molar-refractivity contribution >= 4 is 22.7 Å². The average Bonchev–Trinajstić information content (AvgIpc) is 2.74. The molecule has 2 aromatic rings. The third kappa shape index (κ3) is 3.09. The van der Waals surface area contributed by atoms with Crippen LogP contribution in [0.2, 0.25) is 0 Å². The maximum Gasteiger partial charge on any atom is 0.137 e. The maximum atomic E-state index is 6.18. The zero-order valence-electron chi connectivity index (χ0n) is 11.3. The zero-order valence-corrected chi connectivity index (χ0v) is 12.1. The Morgan fingerprint density at radius 1 is 1.28 bits per heavy atom. The second kappa shape index (κ2) is 5.81. The fraction of sp³-hybridized carbons (Fsp3) is 0.467. The second-order valence-electron chi connectivity index (χ2n) is 5.18. The highest BCUT2D eigenvalue weighted by atomic mass is 32.2. The van der Waals surface area contributed by atoms with Gasteiger partial charge >= 0.3 is 0 Å². The van der Waals surface area contributed by atoms with E-state index in [9.17, 15) is 0 Å². The molecule has 0 spiro atoms. The van der Waals surface area contributed by atoms with Crippen molar-refractivity contribution in [3.8, 4) is 0 Å². The van der Waals surface area contributed by atoms with Crippen LogP contribution in [0.3, 0.4) is 0 Å². The first-order valence-corrected chi connectivity index (χ1v) is 7.55. The zero-order chi connectivity index (χ0) is 13.1. The summed E-state index contributed by atoms with van der Waals surface area (Å²) in [5.41, 5.74) is 8.32. The molecule has 2 rings (SSSR count). The molecule has 1 unspecified atom stereocenters. The summed E-state index contributed by atoms with van der Waals surface area (Å²) in [5.74, 6) is 3.67. The summed E-state index contributed by atoms with van der Waals surface area (Å²) in [6.45, 7) is 6.51. The van der Waals surface area contributed by atoms with Gasteiger partial charge in [0.1, 0.15) is 11.3 Å². The Morgan fingerprint density at radius 2 is 2.06 bits per heavy atom. The number of thioether (sulfide) groups is 1. The van der Waals surface area contributed by atoms with Crippen molar-refractivity contribution in [2.75, 3.05) is 11.5 Å². The molecule has 0 aliphatic heterocycles. The normalized spacial score (nSPS) is 13.4. The van der Waals surface area contributed by atoms with Crippen LogP contribution in [0.1, 0.15) is 31.2 Å². The van der Waals surface area contributed by atoms with Crippen LogP contribution in [0.4, 0.5) is 0 Å². The molecule has 0 radical (unpaired) electrons. The van der Waals surface area contributed by atoms with Gasteiger partial charge < -0.3 is 10.2 Å². The molecule has 0 aliphatic rings. The topological polar surface area (TPSA) is 39.2 Å². The summed E-state index contributed by atoms with van der Waals surface area (Å²) in [5, 5.41) is 1.15. The van der Waals surface area contributed by atoms with E-state index in [-0.39, 0.29) is 6.04 Å². The number of furan rings is 1. The molecule has 0 fully saturated rings. The lowest BCUT2D eigenvalue weighted by Gasteiger charge is -2.09. The van der Waals surface area contributed by atoms with Crippen molar-refractivity contribution in [3.05, 3.63) is 35.6 Å². The van der Waals surface area contributed by atoms with Gasteiger partial charge in [0, 0.05) is 11.1 Å². The molecule has 0 aliphatic carbocycles. The van der Waals surface area contributed by atoms with Crippen LogP contribution < -0.4 is 5.73 Å². The van der Waals surface area contributed by atoms with E-state index in [4.69, 9.17) is 10.2 Å². The number of aryl methyl sites for hydroxylation is 1. The number of para-hydroxylation sites is 1. The van der Waals surface area contributed by atoms with E-state index in [0.29, 0.717) is 5.92 Å². The van der Waals surface area contributed by atoms with Crippen LogP contribution in [-0.4, -0.2) is 11.5 Å². The first-order chi connectivity index (χ1) is 8.58. The van der Waals surface area contributed by atoms with Crippen molar-refractivity contribution < 1.29 is 4.42 Å². The Kier molecular flexibility index (Phi) is 4.36. The van der Waals surface area contributed by atoms with Gasteiger partial charge in [0.2, 0.25) is 0 Å². The highest BCUT2D eigenvalue weighted by molar-refractivity contribution is 7.99. The lowest BCUT2D eigenvalue weighted by atomic mass is 10.1. The van der Waals surface area contributed by atoms with Crippen molar-refractivity contribution in [1.82, 2.24) is 0 Å². The molecule has 98 valence electrons. The molecule has 18 heavy (non-hydrogen) atoms. The molecule has 2 N–H and O–H groups in total. The quantitative estimate of drug-likeness (QED) is 0.881. The predicted molar refractivity (Wildman–Crippen MR) is 80.0 cm³/mol. The second-order valence-corrected chi connectivity index (χ2v) is 6.25. The van der Waals surface area contributed by atoms with Gasteiger partial charge in [0.05, 0.1) is 6.04 Å². The number of hydrogen-bond acceptors (Lipinski definition) is 3. The van der Waals surface area contributed by atoms with Gasteiger partial charge in [-0.15, -0.1) is 0 Å². The van der Waals surface area contributed by atoms with Crippen molar-refractivity contribution in [1.29, 1.82) is 0 Å². The third-order valence-corrected chi connectivity index (χ3v) is 4.37. The fourth-order valence-corrected chi connectivity index (χ4v) is 2.95. The predicted octanol–water partition coefficient (Wildman–Crippen LogP) is 4.13. The minimum Gasteiger partial charge on any atom is -0.459 e. The number of benzene rings is 1. The molecule has 1 aromatic carbocycles. The van der Waals surface area contributed by atoms with Gasteiger partial charge in [-0.1, -0.05) is 32.0 Å². The lowest BCUT2D eigenvalue weighted by molar-refractivity contribution is 0.514. The van der Waals surface area contributed by atoms with Gasteiger partial charge in [0.25, 0.3) is 0 Å². The number of fused-ring (bicyclic) bond motifs is 1. The summed E-state index contributed by atoms with van der Waals surface area (Å²) in [4.78, 5) is 0. The lowest BCUT2D eigenvalue weighted by Crippen LogP contribution is -2.12. The third-order valence-electron chi connectivity index (χ3n) is 2.87. The van der Waals surface area contributed by atoms with E-state index in [0.717, 1.165) is 28.2 Å². The van der Waals surface area contributed by atoms with Gasteiger partial charge in [-0.25, -0.2) is 0 Å². The first kappa shape index (κ1) is 13.5. The molecule has 0 saturated carbocycles. The Bertz CT molecular complexity index is 518. The summed E-state index contributed by atoms with van der Waals surface area (Å²) >= 11 is 1.89. The number of nitrogens with two attached hydrogens (primary N) is 1. The Balaban J connectivity index is 2.08.